The van der Waals surface area contributed by atoms with Crippen molar-refractivity contribution in [3.8, 4) is 5.75 Å². The van der Waals surface area contributed by atoms with Crippen molar-refractivity contribution in [3.63, 3.8) is 0 Å². The number of ether oxygens (including phenoxy) is 1. The fourth-order valence-corrected chi connectivity index (χ4v) is 3.49. The molecule has 2 N–H and O–H groups in total. The predicted octanol–water partition coefficient (Wildman–Crippen LogP) is 5.39. The summed E-state index contributed by atoms with van der Waals surface area (Å²) >= 11 is 0. The molecule has 0 saturated carbocycles. The third-order valence-corrected chi connectivity index (χ3v) is 5.32. The topological polar surface area (TPSA) is 53.9 Å². The summed E-state index contributed by atoms with van der Waals surface area (Å²) in [5, 5.41) is 13.6. The number of hydrogen-bond donors (Lipinski definition) is 2. The van der Waals surface area contributed by atoms with E-state index in [0.29, 0.717) is 5.92 Å². The Bertz CT molecular complexity index is 598. The number of nitrogens with one attached hydrogen (secondary N) is 1. The van der Waals surface area contributed by atoms with E-state index < -0.39 is 6.23 Å². The molecular formula is C23H38N2O2. The smallest absolute Gasteiger partial charge is 0.151 e. The Hall–Kier alpha value is -1.55. The number of hydrogen-bond acceptors (Lipinski definition) is 4. The van der Waals surface area contributed by atoms with E-state index in [0.717, 1.165) is 67.5 Å². The maximum Gasteiger partial charge on any atom is 0.151 e. The van der Waals surface area contributed by atoms with Crippen molar-refractivity contribution in [2.75, 3.05) is 13.2 Å². The van der Waals surface area contributed by atoms with E-state index in [4.69, 9.17) is 4.74 Å². The van der Waals surface area contributed by atoms with Gasteiger partial charge in [0.1, 0.15) is 5.75 Å². The number of aliphatic imine (C=N–C) groups is 1. The highest BCUT2D eigenvalue weighted by atomic mass is 16.5. The number of aliphatic hydroxyl groups excluding tert-OH is 1. The molecule has 2 atom stereocenters. The van der Waals surface area contributed by atoms with Crippen molar-refractivity contribution in [1.29, 1.82) is 0 Å². The number of aliphatic hydroxyl groups is 1. The highest BCUT2D eigenvalue weighted by Crippen LogP contribution is 2.23. The first-order valence-corrected chi connectivity index (χ1v) is 10.7. The van der Waals surface area contributed by atoms with Gasteiger partial charge in [0.2, 0.25) is 0 Å². The first kappa shape index (κ1) is 21.7. The molecule has 0 fully saturated rings. The Morgan fingerprint density at radius 2 is 1.96 bits per heavy atom. The third-order valence-electron chi connectivity index (χ3n) is 5.32. The molecule has 1 aromatic rings. The Morgan fingerprint density at radius 1 is 1.15 bits per heavy atom. The minimum atomic E-state index is -0.711. The van der Waals surface area contributed by atoms with Crippen LogP contribution in [-0.2, 0) is 0 Å². The van der Waals surface area contributed by atoms with Crippen LogP contribution in [0.1, 0.15) is 83.1 Å². The van der Waals surface area contributed by atoms with Crippen LogP contribution in [0.15, 0.2) is 23.2 Å². The van der Waals surface area contributed by atoms with Crippen LogP contribution in [0, 0.1) is 18.8 Å². The summed E-state index contributed by atoms with van der Waals surface area (Å²) in [6.07, 6.45) is 7.48. The zero-order valence-electron chi connectivity index (χ0n) is 17.6. The SMILES string of the molecule is Cc1cc(OCCC(C)CCCC(C)C)ccc1C(O)NC1=NCCCC1. The Morgan fingerprint density at radius 3 is 2.63 bits per heavy atom. The van der Waals surface area contributed by atoms with E-state index in [1.54, 1.807) is 0 Å². The molecule has 27 heavy (non-hydrogen) atoms. The Balaban J connectivity index is 1.77. The second kappa shape index (κ2) is 11.3. The summed E-state index contributed by atoms with van der Waals surface area (Å²) in [6.45, 7) is 10.5. The molecule has 0 aromatic heterocycles. The average Bonchev–Trinajstić information content (AvgIpc) is 2.62. The molecule has 0 aliphatic carbocycles. The molecule has 152 valence electrons. The maximum absolute atomic E-state index is 10.5. The molecule has 0 amide bonds. The first-order chi connectivity index (χ1) is 13.0. The monoisotopic (exact) mass is 374 g/mol. The van der Waals surface area contributed by atoms with Gasteiger partial charge in [-0.05, 0) is 55.7 Å². The number of rotatable bonds is 10. The molecule has 0 spiro atoms. The Kier molecular flexibility index (Phi) is 9.12. The van der Waals surface area contributed by atoms with Crippen molar-refractivity contribution in [2.45, 2.75) is 78.9 Å². The van der Waals surface area contributed by atoms with Gasteiger partial charge in [0, 0.05) is 18.5 Å². The largest absolute Gasteiger partial charge is 0.494 e. The van der Waals surface area contributed by atoms with Crippen LogP contribution in [0.5, 0.6) is 5.75 Å². The molecule has 0 radical (unpaired) electrons. The highest BCUT2D eigenvalue weighted by molar-refractivity contribution is 5.82. The van der Waals surface area contributed by atoms with Gasteiger partial charge in [0.15, 0.2) is 6.23 Å². The van der Waals surface area contributed by atoms with Crippen molar-refractivity contribution in [2.24, 2.45) is 16.8 Å². The van der Waals surface area contributed by atoms with Crippen LogP contribution in [0.3, 0.4) is 0 Å². The van der Waals surface area contributed by atoms with E-state index >= 15 is 0 Å². The molecule has 1 heterocycles. The summed E-state index contributed by atoms with van der Waals surface area (Å²) in [6, 6.07) is 5.93. The zero-order chi connectivity index (χ0) is 19.6. The lowest BCUT2D eigenvalue weighted by Gasteiger charge is -2.20. The summed E-state index contributed by atoms with van der Waals surface area (Å²) in [7, 11) is 0. The van der Waals surface area contributed by atoms with E-state index in [1.165, 1.54) is 19.3 Å². The second-order valence-corrected chi connectivity index (χ2v) is 8.42. The highest BCUT2D eigenvalue weighted by Gasteiger charge is 2.14. The summed E-state index contributed by atoms with van der Waals surface area (Å²) < 4.78 is 5.94. The van der Waals surface area contributed by atoms with Crippen LogP contribution in [0.2, 0.25) is 0 Å². The van der Waals surface area contributed by atoms with Crippen LogP contribution in [0.4, 0.5) is 0 Å². The van der Waals surface area contributed by atoms with Crippen LogP contribution in [0.25, 0.3) is 0 Å². The van der Waals surface area contributed by atoms with E-state index in [-0.39, 0.29) is 0 Å². The van der Waals surface area contributed by atoms with Gasteiger partial charge in [-0.15, -0.1) is 0 Å². The lowest BCUT2D eigenvalue weighted by Crippen LogP contribution is -2.30. The molecule has 0 saturated heterocycles. The average molecular weight is 375 g/mol. The van der Waals surface area contributed by atoms with Crippen LogP contribution in [-0.4, -0.2) is 24.1 Å². The molecule has 1 aliphatic heterocycles. The lowest BCUT2D eigenvalue weighted by molar-refractivity contribution is 0.161. The van der Waals surface area contributed by atoms with Gasteiger partial charge in [0.05, 0.1) is 12.4 Å². The van der Waals surface area contributed by atoms with E-state index in [2.05, 4.69) is 31.1 Å². The quantitative estimate of drug-likeness (QED) is 0.540. The number of nitrogens with zero attached hydrogens (tertiary/aromatic N) is 1. The third kappa shape index (κ3) is 7.92. The fourth-order valence-electron chi connectivity index (χ4n) is 3.49. The minimum Gasteiger partial charge on any atom is -0.494 e. The standard InChI is InChI=1S/C23H38N2O2/c1-17(2)8-7-9-18(3)13-15-27-20-11-12-21(19(4)16-20)23(26)25-22-10-5-6-14-24-22/h11-12,16-18,23,26H,5-10,13-15H2,1-4H3,(H,24,25). The first-order valence-electron chi connectivity index (χ1n) is 10.7. The summed E-state index contributed by atoms with van der Waals surface area (Å²) in [5.41, 5.74) is 1.92. The van der Waals surface area contributed by atoms with Gasteiger partial charge in [-0.25, -0.2) is 0 Å². The Labute approximate surface area is 165 Å². The summed E-state index contributed by atoms with van der Waals surface area (Å²) in [4.78, 5) is 4.45. The number of benzene rings is 1. The fraction of sp³-hybridized carbons (Fsp3) is 0.696. The van der Waals surface area contributed by atoms with Crippen molar-refractivity contribution >= 4 is 5.84 Å². The zero-order valence-corrected chi connectivity index (χ0v) is 17.6. The van der Waals surface area contributed by atoms with Gasteiger partial charge in [-0.1, -0.05) is 46.1 Å². The molecule has 4 heteroatoms. The van der Waals surface area contributed by atoms with Gasteiger partial charge in [-0.2, -0.15) is 0 Å². The van der Waals surface area contributed by atoms with Gasteiger partial charge >= 0.3 is 0 Å². The van der Waals surface area contributed by atoms with Gasteiger partial charge in [0.25, 0.3) is 0 Å². The lowest BCUT2D eigenvalue weighted by atomic mass is 9.98. The molecule has 0 bridgehead atoms. The molecule has 1 aliphatic rings. The summed E-state index contributed by atoms with van der Waals surface area (Å²) in [5.74, 6) is 3.30. The predicted molar refractivity (Wildman–Crippen MR) is 113 cm³/mol. The maximum atomic E-state index is 10.5. The molecular weight excluding hydrogens is 336 g/mol. The number of amidine groups is 1. The van der Waals surface area contributed by atoms with Crippen molar-refractivity contribution in [3.05, 3.63) is 29.3 Å². The molecule has 2 rings (SSSR count). The second-order valence-electron chi connectivity index (χ2n) is 8.42. The molecule has 1 aromatic carbocycles. The molecule has 2 unspecified atom stereocenters. The van der Waals surface area contributed by atoms with Crippen LogP contribution >= 0.6 is 0 Å². The van der Waals surface area contributed by atoms with Gasteiger partial charge in [-0.3, -0.25) is 4.99 Å². The van der Waals surface area contributed by atoms with E-state index in [1.807, 2.05) is 25.1 Å². The van der Waals surface area contributed by atoms with Crippen LogP contribution < -0.4 is 10.1 Å². The van der Waals surface area contributed by atoms with Crippen molar-refractivity contribution < 1.29 is 9.84 Å². The molecule has 4 nitrogen and oxygen atoms in total. The minimum absolute atomic E-state index is 0.700. The van der Waals surface area contributed by atoms with E-state index in [9.17, 15) is 5.11 Å². The van der Waals surface area contributed by atoms with Gasteiger partial charge < -0.3 is 15.2 Å². The van der Waals surface area contributed by atoms with Crippen molar-refractivity contribution in [1.82, 2.24) is 5.32 Å². The number of aryl methyl sites for hydroxylation is 1. The normalized spacial score (nSPS) is 16.7.